The zero-order valence-corrected chi connectivity index (χ0v) is 15.3. The fraction of sp³-hybridized carbons (Fsp3) is 0.579. The zero-order chi connectivity index (χ0) is 17.9. The van der Waals surface area contributed by atoms with Crippen LogP contribution in [0.5, 0.6) is 0 Å². The van der Waals surface area contributed by atoms with Crippen LogP contribution in [0.25, 0.3) is 0 Å². The summed E-state index contributed by atoms with van der Waals surface area (Å²) >= 11 is 0. The number of rotatable bonds is 10. The van der Waals surface area contributed by atoms with Crippen LogP contribution in [-0.2, 0) is 14.3 Å². The molecule has 0 N–H and O–H groups in total. The summed E-state index contributed by atoms with van der Waals surface area (Å²) in [6.45, 7) is 10.3. The molecule has 0 saturated carbocycles. The van der Waals surface area contributed by atoms with Crippen molar-refractivity contribution in [2.24, 2.45) is 0 Å². The molecular weight excluding hydrogens is 306 g/mol. The van der Waals surface area contributed by atoms with E-state index in [-0.39, 0.29) is 18.3 Å². The van der Waals surface area contributed by atoms with Gasteiger partial charge in [0.2, 0.25) is 0 Å². The average molecular weight is 335 g/mol. The number of benzene rings is 1. The molecule has 0 aliphatic rings. The molecule has 0 fully saturated rings. The van der Waals surface area contributed by atoms with Gasteiger partial charge in [-0.2, -0.15) is 0 Å². The van der Waals surface area contributed by atoms with Crippen LogP contribution >= 0.6 is 0 Å². The summed E-state index contributed by atoms with van der Waals surface area (Å²) in [5, 5.41) is 0. The quantitative estimate of drug-likeness (QED) is 0.487. The minimum Gasteiger partial charge on any atom is -0.466 e. The number of hydrogen-bond acceptors (Lipinski definition) is 4. The largest absolute Gasteiger partial charge is 0.466 e. The van der Waals surface area contributed by atoms with E-state index in [1.165, 1.54) is 0 Å². The van der Waals surface area contributed by atoms with E-state index in [0.29, 0.717) is 38.5 Å². The topological polar surface area (TPSA) is 55.8 Å². The first-order valence-electron chi connectivity index (χ1n) is 8.59. The number of carbonyl (C=O) groups is 2. The number of carbonyl (C=O) groups excluding carboxylic acids is 2. The van der Waals surface area contributed by atoms with E-state index in [9.17, 15) is 9.59 Å². The lowest BCUT2D eigenvalue weighted by Gasteiger charge is -2.23. The summed E-state index contributed by atoms with van der Waals surface area (Å²) in [5.74, 6) is -0.334. The lowest BCUT2D eigenvalue weighted by atomic mass is 10.1. The number of ether oxygens (including phenoxy) is 2. The monoisotopic (exact) mass is 335 g/mol. The SMILES string of the molecule is CCOCCCN(CCC(=O)OCC)C(=O)c1ccc(C)c(C)c1. The van der Waals surface area contributed by atoms with Crippen molar-refractivity contribution >= 4 is 11.9 Å². The van der Waals surface area contributed by atoms with Gasteiger partial charge in [-0.3, -0.25) is 9.59 Å². The smallest absolute Gasteiger partial charge is 0.307 e. The van der Waals surface area contributed by atoms with E-state index in [2.05, 4.69) is 0 Å². The Kier molecular flexibility index (Phi) is 9.08. The highest BCUT2D eigenvalue weighted by Gasteiger charge is 2.17. The molecule has 5 heteroatoms. The second-order valence-electron chi connectivity index (χ2n) is 5.70. The van der Waals surface area contributed by atoms with E-state index in [4.69, 9.17) is 9.47 Å². The van der Waals surface area contributed by atoms with E-state index in [1.54, 1.807) is 11.8 Å². The lowest BCUT2D eigenvalue weighted by Crippen LogP contribution is -2.34. The summed E-state index contributed by atoms with van der Waals surface area (Å²) in [4.78, 5) is 26.1. The molecule has 0 unspecified atom stereocenters. The number of aryl methyl sites for hydroxylation is 2. The van der Waals surface area contributed by atoms with Gasteiger partial charge in [0.05, 0.1) is 13.0 Å². The van der Waals surface area contributed by atoms with Crippen LogP contribution in [0.15, 0.2) is 18.2 Å². The van der Waals surface area contributed by atoms with Crippen LogP contribution in [0.3, 0.4) is 0 Å². The molecule has 0 spiro atoms. The highest BCUT2D eigenvalue weighted by atomic mass is 16.5. The molecule has 0 saturated heterocycles. The van der Waals surface area contributed by atoms with E-state index < -0.39 is 0 Å². The summed E-state index contributed by atoms with van der Waals surface area (Å²) in [6, 6.07) is 5.69. The molecule has 24 heavy (non-hydrogen) atoms. The van der Waals surface area contributed by atoms with E-state index >= 15 is 0 Å². The molecule has 0 aliphatic carbocycles. The van der Waals surface area contributed by atoms with Crippen molar-refractivity contribution in [3.63, 3.8) is 0 Å². The van der Waals surface area contributed by atoms with Gasteiger partial charge in [0.15, 0.2) is 0 Å². The number of nitrogens with zero attached hydrogens (tertiary/aromatic N) is 1. The van der Waals surface area contributed by atoms with Crippen molar-refractivity contribution in [3.05, 3.63) is 34.9 Å². The highest BCUT2D eigenvalue weighted by Crippen LogP contribution is 2.13. The van der Waals surface area contributed by atoms with Gasteiger partial charge >= 0.3 is 5.97 Å². The lowest BCUT2D eigenvalue weighted by molar-refractivity contribution is -0.143. The second-order valence-corrected chi connectivity index (χ2v) is 5.70. The summed E-state index contributed by atoms with van der Waals surface area (Å²) in [7, 11) is 0. The maximum Gasteiger partial charge on any atom is 0.307 e. The molecule has 0 aliphatic heterocycles. The maximum absolute atomic E-state index is 12.8. The van der Waals surface area contributed by atoms with Crippen molar-refractivity contribution in [1.82, 2.24) is 4.90 Å². The minimum atomic E-state index is -0.278. The van der Waals surface area contributed by atoms with Crippen LogP contribution in [-0.4, -0.2) is 49.7 Å². The Labute approximate surface area is 144 Å². The first-order valence-corrected chi connectivity index (χ1v) is 8.59. The number of amides is 1. The van der Waals surface area contributed by atoms with Gasteiger partial charge in [0, 0.05) is 31.9 Å². The van der Waals surface area contributed by atoms with Gasteiger partial charge in [-0.1, -0.05) is 6.07 Å². The van der Waals surface area contributed by atoms with Crippen molar-refractivity contribution in [2.75, 3.05) is 32.9 Å². The van der Waals surface area contributed by atoms with Crippen molar-refractivity contribution < 1.29 is 19.1 Å². The Bertz CT molecular complexity index is 542. The highest BCUT2D eigenvalue weighted by molar-refractivity contribution is 5.94. The van der Waals surface area contributed by atoms with Crippen LogP contribution in [0.2, 0.25) is 0 Å². The van der Waals surface area contributed by atoms with Crippen molar-refractivity contribution in [3.8, 4) is 0 Å². The van der Waals surface area contributed by atoms with Gasteiger partial charge in [-0.05, 0) is 57.4 Å². The van der Waals surface area contributed by atoms with Crippen LogP contribution < -0.4 is 0 Å². The zero-order valence-electron chi connectivity index (χ0n) is 15.3. The summed E-state index contributed by atoms with van der Waals surface area (Å²) in [6.07, 6.45) is 0.951. The molecule has 1 aromatic carbocycles. The Morgan fingerprint density at radius 1 is 1.04 bits per heavy atom. The van der Waals surface area contributed by atoms with Crippen molar-refractivity contribution in [2.45, 2.75) is 40.5 Å². The molecule has 1 aromatic rings. The molecule has 134 valence electrons. The standard InChI is InChI=1S/C19H29NO4/c1-5-23-13-7-11-20(12-10-18(21)24-6-2)19(22)17-9-8-15(3)16(4)14-17/h8-9,14H,5-7,10-13H2,1-4H3. The minimum absolute atomic E-state index is 0.0566. The number of esters is 1. The maximum atomic E-state index is 12.8. The Hall–Kier alpha value is -1.88. The average Bonchev–Trinajstić information content (AvgIpc) is 2.56. The van der Waals surface area contributed by atoms with Gasteiger partial charge in [-0.15, -0.1) is 0 Å². The summed E-state index contributed by atoms with van der Waals surface area (Å²) < 4.78 is 10.3. The predicted octanol–water partition coefficient (Wildman–Crippen LogP) is 3.13. The van der Waals surface area contributed by atoms with Crippen LogP contribution in [0.4, 0.5) is 0 Å². The first-order chi connectivity index (χ1) is 11.5. The van der Waals surface area contributed by atoms with E-state index in [0.717, 1.165) is 17.5 Å². The molecule has 0 heterocycles. The molecule has 5 nitrogen and oxygen atoms in total. The van der Waals surface area contributed by atoms with Gasteiger partial charge in [-0.25, -0.2) is 0 Å². The van der Waals surface area contributed by atoms with Crippen LogP contribution in [0, 0.1) is 13.8 Å². The third-order valence-electron chi connectivity index (χ3n) is 3.85. The molecule has 0 radical (unpaired) electrons. The predicted molar refractivity (Wildman–Crippen MR) is 94.2 cm³/mol. The molecule has 0 aromatic heterocycles. The first kappa shape index (κ1) is 20.2. The Morgan fingerprint density at radius 2 is 1.79 bits per heavy atom. The second kappa shape index (κ2) is 10.8. The van der Waals surface area contributed by atoms with Gasteiger partial charge in [0.25, 0.3) is 5.91 Å². The Morgan fingerprint density at radius 3 is 2.42 bits per heavy atom. The molecule has 1 amide bonds. The molecule has 0 bridgehead atoms. The molecular formula is C19H29NO4. The molecule has 0 atom stereocenters. The normalized spacial score (nSPS) is 10.5. The number of hydrogen-bond donors (Lipinski definition) is 0. The molecule has 1 rings (SSSR count). The van der Waals surface area contributed by atoms with Gasteiger partial charge < -0.3 is 14.4 Å². The Balaban J connectivity index is 2.75. The van der Waals surface area contributed by atoms with E-state index in [1.807, 2.05) is 39.0 Å². The van der Waals surface area contributed by atoms with Crippen molar-refractivity contribution in [1.29, 1.82) is 0 Å². The van der Waals surface area contributed by atoms with Gasteiger partial charge in [0.1, 0.15) is 0 Å². The van der Waals surface area contributed by atoms with Crippen LogP contribution in [0.1, 0.15) is 48.2 Å². The third-order valence-corrected chi connectivity index (χ3v) is 3.85. The fourth-order valence-electron chi connectivity index (χ4n) is 2.33. The third kappa shape index (κ3) is 6.71. The fourth-order valence-corrected chi connectivity index (χ4v) is 2.33. The summed E-state index contributed by atoms with van der Waals surface area (Å²) in [5.41, 5.74) is 2.89.